The molecule has 2 nitrogen and oxygen atoms in total. The Labute approximate surface area is 117 Å². The van der Waals surface area contributed by atoms with Crippen molar-refractivity contribution in [1.29, 1.82) is 0 Å². The summed E-state index contributed by atoms with van der Waals surface area (Å²) in [5, 5.41) is 3.73. The Bertz CT molecular complexity index is 433. The van der Waals surface area contributed by atoms with E-state index in [2.05, 4.69) is 48.3 Å². The summed E-state index contributed by atoms with van der Waals surface area (Å²) in [4.78, 5) is 2.50. The molecule has 104 valence electrons. The second-order valence-corrected chi connectivity index (χ2v) is 6.99. The smallest absolute Gasteiger partial charge is 0.0386 e. The highest BCUT2D eigenvalue weighted by atomic mass is 15.1. The van der Waals surface area contributed by atoms with E-state index in [-0.39, 0.29) is 0 Å². The minimum Gasteiger partial charge on any atom is -0.382 e. The minimum absolute atomic E-state index is 0.518. The van der Waals surface area contributed by atoms with Gasteiger partial charge in [-0.1, -0.05) is 19.9 Å². The molecule has 0 spiro atoms. The zero-order valence-corrected chi connectivity index (χ0v) is 12.3. The van der Waals surface area contributed by atoms with Crippen molar-refractivity contribution in [3.63, 3.8) is 0 Å². The zero-order valence-electron chi connectivity index (χ0n) is 12.3. The van der Waals surface area contributed by atoms with Crippen LogP contribution in [0.25, 0.3) is 0 Å². The van der Waals surface area contributed by atoms with Gasteiger partial charge in [-0.15, -0.1) is 0 Å². The molecule has 1 aromatic carbocycles. The first-order valence-electron chi connectivity index (χ1n) is 7.74. The molecule has 0 amide bonds. The lowest BCUT2D eigenvalue weighted by Crippen LogP contribution is -2.19. The maximum Gasteiger partial charge on any atom is 0.0386 e. The first-order valence-corrected chi connectivity index (χ1v) is 7.74. The third kappa shape index (κ3) is 3.05. The van der Waals surface area contributed by atoms with Crippen molar-refractivity contribution < 1.29 is 0 Å². The van der Waals surface area contributed by atoms with Gasteiger partial charge in [-0.3, -0.25) is 0 Å². The van der Waals surface area contributed by atoms with E-state index in [0.29, 0.717) is 11.5 Å². The van der Waals surface area contributed by atoms with Gasteiger partial charge in [0.05, 0.1) is 0 Å². The summed E-state index contributed by atoms with van der Waals surface area (Å²) in [5.74, 6) is 0. The fourth-order valence-electron chi connectivity index (χ4n) is 3.56. The SMILES string of the molecule is CC1(C)CCC(Nc2cccc(N3CCCC3)c2)C1. The Morgan fingerprint density at radius 2 is 2.00 bits per heavy atom. The van der Waals surface area contributed by atoms with Crippen LogP contribution >= 0.6 is 0 Å². The molecule has 1 heterocycles. The Kier molecular flexibility index (Phi) is 3.42. The molecule has 1 N–H and O–H groups in total. The van der Waals surface area contributed by atoms with Crippen LogP contribution in [0.15, 0.2) is 24.3 Å². The van der Waals surface area contributed by atoms with Crippen LogP contribution in [0, 0.1) is 5.41 Å². The van der Waals surface area contributed by atoms with E-state index in [4.69, 9.17) is 0 Å². The van der Waals surface area contributed by atoms with Gasteiger partial charge in [0.15, 0.2) is 0 Å². The van der Waals surface area contributed by atoms with E-state index in [9.17, 15) is 0 Å². The quantitative estimate of drug-likeness (QED) is 0.870. The van der Waals surface area contributed by atoms with Gasteiger partial charge in [-0.25, -0.2) is 0 Å². The highest BCUT2D eigenvalue weighted by molar-refractivity contribution is 5.58. The maximum absolute atomic E-state index is 3.73. The van der Waals surface area contributed by atoms with Gasteiger partial charge in [-0.05, 0) is 55.7 Å². The predicted octanol–water partition coefficient (Wildman–Crippen LogP) is 4.28. The van der Waals surface area contributed by atoms with Crippen LogP contribution in [0.2, 0.25) is 0 Å². The number of hydrogen-bond acceptors (Lipinski definition) is 2. The average Bonchev–Trinajstić information content (AvgIpc) is 2.99. The lowest BCUT2D eigenvalue weighted by molar-refractivity contribution is 0.378. The van der Waals surface area contributed by atoms with Gasteiger partial charge in [0.25, 0.3) is 0 Å². The molecule has 2 aliphatic rings. The molecular formula is C17H26N2. The number of rotatable bonds is 3. The number of nitrogens with one attached hydrogen (secondary N) is 1. The molecule has 1 aliphatic carbocycles. The van der Waals surface area contributed by atoms with Gasteiger partial charge in [0.2, 0.25) is 0 Å². The van der Waals surface area contributed by atoms with Crippen LogP contribution in [0.4, 0.5) is 11.4 Å². The van der Waals surface area contributed by atoms with Crippen molar-refractivity contribution in [3.05, 3.63) is 24.3 Å². The molecule has 1 unspecified atom stereocenters. The molecule has 0 radical (unpaired) electrons. The fraction of sp³-hybridized carbons (Fsp3) is 0.647. The van der Waals surface area contributed by atoms with Gasteiger partial charge in [-0.2, -0.15) is 0 Å². The summed E-state index contributed by atoms with van der Waals surface area (Å²) in [6.07, 6.45) is 6.63. The summed E-state index contributed by atoms with van der Waals surface area (Å²) in [5.41, 5.74) is 3.20. The predicted molar refractivity (Wildman–Crippen MR) is 82.9 cm³/mol. The first-order chi connectivity index (χ1) is 9.12. The highest BCUT2D eigenvalue weighted by Crippen LogP contribution is 2.38. The van der Waals surface area contributed by atoms with Crippen LogP contribution in [-0.4, -0.2) is 19.1 Å². The largest absolute Gasteiger partial charge is 0.382 e. The van der Waals surface area contributed by atoms with Crippen molar-refractivity contribution in [2.75, 3.05) is 23.3 Å². The summed E-state index contributed by atoms with van der Waals surface area (Å²) >= 11 is 0. The monoisotopic (exact) mass is 258 g/mol. The normalized spacial score (nSPS) is 25.8. The van der Waals surface area contributed by atoms with Gasteiger partial charge in [0.1, 0.15) is 0 Å². The van der Waals surface area contributed by atoms with E-state index < -0.39 is 0 Å². The lowest BCUT2D eigenvalue weighted by Gasteiger charge is -2.21. The van der Waals surface area contributed by atoms with Crippen LogP contribution in [0.5, 0.6) is 0 Å². The molecule has 2 fully saturated rings. The number of anilines is 2. The topological polar surface area (TPSA) is 15.3 Å². The molecule has 2 heteroatoms. The molecule has 19 heavy (non-hydrogen) atoms. The molecule has 0 bridgehead atoms. The fourth-order valence-corrected chi connectivity index (χ4v) is 3.56. The second kappa shape index (κ2) is 5.07. The highest BCUT2D eigenvalue weighted by Gasteiger charge is 2.30. The summed E-state index contributed by atoms with van der Waals surface area (Å²) in [6.45, 7) is 7.21. The van der Waals surface area contributed by atoms with Gasteiger partial charge in [0, 0.05) is 30.5 Å². The van der Waals surface area contributed by atoms with E-state index in [1.54, 1.807) is 0 Å². The molecule has 1 aromatic rings. The van der Waals surface area contributed by atoms with Crippen molar-refractivity contribution >= 4 is 11.4 Å². The maximum atomic E-state index is 3.73. The molecule has 3 rings (SSSR count). The standard InChI is InChI=1S/C17H26N2/c1-17(2)9-8-15(13-17)18-14-6-5-7-16(12-14)19-10-3-4-11-19/h5-7,12,15,18H,3-4,8-11,13H2,1-2H3. The van der Waals surface area contributed by atoms with Crippen LogP contribution in [0.3, 0.4) is 0 Å². The average molecular weight is 258 g/mol. The number of hydrogen-bond donors (Lipinski definition) is 1. The zero-order chi connectivity index (χ0) is 13.3. The van der Waals surface area contributed by atoms with Crippen LogP contribution in [-0.2, 0) is 0 Å². The van der Waals surface area contributed by atoms with E-state index in [0.717, 1.165) is 0 Å². The Morgan fingerprint density at radius 3 is 2.68 bits per heavy atom. The summed E-state index contributed by atoms with van der Waals surface area (Å²) in [6, 6.07) is 9.64. The molecule has 1 saturated carbocycles. The Hall–Kier alpha value is -1.18. The number of nitrogens with zero attached hydrogens (tertiary/aromatic N) is 1. The van der Waals surface area contributed by atoms with E-state index in [1.165, 1.54) is 56.6 Å². The van der Waals surface area contributed by atoms with Gasteiger partial charge < -0.3 is 10.2 Å². The molecular weight excluding hydrogens is 232 g/mol. The third-order valence-electron chi connectivity index (χ3n) is 4.66. The molecule has 1 aliphatic heterocycles. The summed E-state index contributed by atoms with van der Waals surface area (Å²) < 4.78 is 0. The second-order valence-electron chi connectivity index (χ2n) is 6.99. The third-order valence-corrected chi connectivity index (χ3v) is 4.66. The van der Waals surface area contributed by atoms with E-state index >= 15 is 0 Å². The van der Waals surface area contributed by atoms with Crippen molar-refractivity contribution in [2.45, 2.75) is 52.0 Å². The van der Waals surface area contributed by atoms with Crippen molar-refractivity contribution in [3.8, 4) is 0 Å². The van der Waals surface area contributed by atoms with Crippen LogP contribution < -0.4 is 10.2 Å². The van der Waals surface area contributed by atoms with Crippen LogP contribution in [0.1, 0.15) is 46.0 Å². The van der Waals surface area contributed by atoms with Crippen molar-refractivity contribution in [1.82, 2.24) is 0 Å². The lowest BCUT2D eigenvalue weighted by atomic mass is 9.92. The molecule has 0 aromatic heterocycles. The first kappa shape index (κ1) is 12.8. The molecule has 1 saturated heterocycles. The van der Waals surface area contributed by atoms with Crippen molar-refractivity contribution in [2.24, 2.45) is 5.41 Å². The summed E-state index contributed by atoms with van der Waals surface area (Å²) in [7, 11) is 0. The number of benzene rings is 1. The Balaban J connectivity index is 1.66. The van der Waals surface area contributed by atoms with Gasteiger partial charge >= 0.3 is 0 Å². The molecule has 1 atom stereocenters. The minimum atomic E-state index is 0.518. The van der Waals surface area contributed by atoms with E-state index in [1.807, 2.05) is 0 Å². The Morgan fingerprint density at radius 1 is 1.21 bits per heavy atom.